The molecule has 0 bridgehead atoms. The van der Waals surface area contributed by atoms with Gasteiger partial charge in [-0.1, -0.05) is 23.7 Å². The maximum Gasteiger partial charge on any atom is 0.257 e. The molecule has 0 radical (unpaired) electrons. The summed E-state index contributed by atoms with van der Waals surface area (Å²) in [5.74, 6) is -0.290. The van der Waals surface area contributed by atoms with Gasteiger partial charge < -0.3 is 11.1 Å². The fourth-order valence-corrected chi connectivity index (χ4v) is 2.24. The molecule has 0 atom stereocenters. The van der Waals surface area contributed by atoms with E-state index in [-0.39, 0.29) is 5.91 Å². The van der Waals surface area contributed by atoms with Crippen molar-refractivity contribution in [2.24, 2.45) is 0 Å². The highest BCUT2D eigenvalue weighted by Gasteiger charge is 2.13. The lowest BCUT2D eigenvalue weighted by Gasteiger charge is -2.10. The molecule has 0 aromatic heterocycles. The molecule has 19 heavy (non-hydrogen) atoms. The lowest BCUT2D eigenvalue weighted by molar-refractivity contribution is 0.102. The zero-order valence-corrected chi connectivity index (χ0v) is 12.5. The predicted molar refractivity (Wildman–Crippen MR) is 82.7 cm³/mol. The molecule has 0 saturated heterocycles. The molecule has 0 unspecified atom stereocenters. The second kappa shape index (κ2) is 5.63. The maximum atomic E-state index is 12.2. The molecular weight excluding hydrogens is 328 g/mol. The quantitative estimate of drug-likeness (QED) is 0.804. The van der Waals surface area contributed by atoms with Crippen LogP contribution in [0.3, 0.4) is 0 Å². The van der Waals surface area contributed by atoms with Gasteiger partial charge in [0.2, 0.25) is 0 Å². The van der Waals surface area contributed by atoms with E-state index >= 15 is 0 Å². The SMILES string of the molecule is Cc1ccc(NC(=O)c2cccc(Br)c2Cl)c(N)c1. The minimum absolute atomic E-state index is 0.290. The van der Waals surface area contributed by atoms with Gasteiger partial charge in [-0.15, -0.1) is 0 Å². The van der Waals surface area contributed by atoms with Crippen molar-refractivity contribution in [1.29, 1.82) is 0 Å². The topological polar surface area (TPSA) is 55.1 Å². The van der Waals surface area contributed by atoms with Gasteiger partial charge in [-0.3, -0.25) is 4.79 Å². The molecule has 0 aliphatic rings. The Morgan fingerprint density at radius 3 is 2.74 bits per heavy atom. The molecule has 0 heterocycles. The Morgan fingerprint density at radius 1 is 1.32 bits per heavy atom. The summed E-state index contributed by atoms with van der Waals surface area (Å²) in [7, 11) is 0. The van der Waals surface area contributed by atoms with Gasteiger partial charge in [0.1, 0.15) is 0 Å². The monoisotopic (exact) mass is 338 g/mol. The van der Waals surface area contributed by atoms with E-state index in [1.54, 1.807) is 30.3 Å². The second-order valence-corrected chi connectivity index (χ2v) is 5.38. The highest BCUT2D eigenvalue weighted by atomic mass is 79.9. The molecule has 3 nitrogen and oxygen atoms in total. The first-order valence-electron chi connectivity index (χ1n) is 5.60. The second-order valence-electron chi connectivity index (χ2n) is 4.15. The van der Waals surface area contributed by atoms with E-state index in [2.05, 4.69) is 21.2 Å². The van der Waals surface area contributed by atoms with Crippen molar-refractivity contribution in [1.82, 2.24) is 0 Å². The zero-order chi connectivity index (χ0) is 14.0. The number of hydrogen-bond acceptors (Lipinski definition) is 2. The number of benzene rings is 2. The van der Waals surface area contributed by atoms with Gasteiger partial charge in [0.25, 0.3) is 5.91 Å². The van der Waals surface area contributed by atoms with Crippen LogP contribution in [0.1, 0.15) is 15.9 Å². The molecule has 5 heteroatoms. The molecule has 0 saturated carbocycles. The smallest absolute Gasteiger partial charge is 0.257 e. The van der Waals surface area contributed by atoms with Crippen LogP contribution >= 0.6 is 27.5 Å². The van der Waals surface area contributed by atoms with Gasteiger partial charge in [-0.05, 0) is 52.7 Å². The van der Waals surface area contributed by atoms with Gasteiger partial charge >= 0.3 is 0 Å². The van der Waals surface area contributed by atoms with E-state index in [0.29, 0.717) is 26.4 Å². The summed E-state index contributed by atoms with van der Waals surface area (Å²) in [6.45, 7) is 1.94. The first kappa shape index (κ1) is 13.9. The van der Waals surface area contributed by atoms with Gasteiger partial charge in [0, 0.05) is 4.47 Å². The molecule has 0 fully saturated rings. The van der Waals surface area contributed by atoms with Crippen molar-refractivity contribution >= 4 is 44.8 Å². The largest absolute Gasteiger partial charge is 0.397 e. The number of anilines is 2. The minimum Gasteiger partial charge on any atom is -0.397 e. The van der Waals surface area contributed by atoms with Crippen molar-refractivity contribution in [3.63, 3.8) is 0 Å². The van der Waals surface area contributed by atoms with E-state index in [0.717, 1.165) is 5.56 Å². The molecule has 0 aliphatic heterocycles. The van der Waals surface area contributed by atoms with Gasteiger partial charge in [-0.25, -0.2) is 0 Å². The average Bonchev–Trinajstić information content (AvgIpc) is 2.36. The van der Waals surface area contributed by atoms with Crippen molar-refractivity contribution in [3.05, 3.63) is 57.0 Å². The highest BCUT2D eigenvalue weighted by molar-refractivity contribution is 9.10. The number of carbonyl (C=O) groups is 1. The standard InChI is InChI=1S/C14H12BrClN2O/c1-8-5-6-12(11(17)7-8)18-14(19)9-3-2-4-10(15)13(9)16/h2-7H,17H2,1H3,(H,18,19). The summed E-state index contributed by atoms with van der Waals surface area (Å²) < 4.78 is 0.679. The van der Waals surface area contributed by atoms with Crippen molar-refractivity contribution in [2.75, 3.05) is 11.1 Å². The molecule has 0 spiro atoms. The Balaban J connectivity index is 2.28. The Bertz CT molecular complexity index is 643. The van der Waals surface area contributed by atoms with Crippen LogP contribution in [0.15, 0.2) is 40.9 Å². The Kier molecular flexibility index (Phi) is 4.12. The fraction of sp³-hybridized carbons (Fsp3) is 0.0714. The molecule has 0 aliphatic carbocycles. The molecule has 2 rings (SSSR count). The van der Waals surface area contributed by atoms with E-state index < -0.39 is 0 Å². The van der Waals surface area contributed by atoms with Crippen LogP contribution in [0.25, 0.3) is 0 Å². The number of nitrogen functional groups attached to an aromatic ring is 1. The van der Waals surface area contributed by atoms with Gasteiger partial charge in [-0.2, -0.15) is 0 Å². The molecule has 2 aromatic rings. The normalized spacial score (nSPS) is 10.3. The number of amides is 1. The van der Waals surface area contributed by atoms with Crippen molar-refractivity contribution < 1.29 is 4.79 Å². The summed E-state index contributed by atoms with van der Waals surface area (Å²) in [4.78, 5) is 12.2. The highest BCUT2D eigenvalue weighted by Crippen LogP contribution is 2.27. The third-order valence-electron chi connectivity index (χ3n) is 2.65. The van der Waals surface area contributed by atoms with Crippen LogP contribution < -0.4 is 11.1 Å². The van der Waals surface area contributed by atoms with Gasteiger partial charge in [0.15, 0.2) is 0 Å². The van der Waals surface area contributed by atoms with Crippen LogP contribution in [0.2, 0.25) is 5.02 Å². The third-order valence-corrected chi connectivity index (χ3v) is 3.95. The van der Waals surface area contributed by atoms with E-state index in [9.17, 15) is 4.79 Å². The van der Waals surface area contributed by atoms with E-state index in [4.69, 9.17) is 17.3 Å². The summed E-state index contributed by atoms with van der Waals surface area (Å²) >= 11 is 9.37. The maximum absolute atomic E-state index is 12.2. The zero-order valence-electron chi connectivity index (χ0n) is 10.2. The van der Waals surface area contributed by atoms with Crippen LogP contribution in [0.5, 0.6) is 0 Å². The molecule has 2 aromatic carbocycles. The van der Waals surface area contributed by atoms with Gasteiger partial charge in [0.05, 0.1) is 22.0 Å². The number of hydrogen-bond donors (Lipinski definition) is 2. The molecule has 98 valence electrons. The van der Waals surface area contributed by atoms with Crippen LogP contribution in [0.4, 0.5) is 11.4 Å². The lowest BCUT2D eigenvalue weighted by atomic mass is 10.1. The van der Waals surface area contributed by atoms with Crippen LogP contribution in [-0.4, -0.2) is 5.91 Å². The minimum atomic E-state index is -0.290. The summed E-state index contributed by atoms with van der Waals surface area (Å²) in [5, 5.41) is 3.13. The van der Waals surface area contributed by atoms with Crippen molar-refractivity contribution in [3.8, 4) is 0 Å². The van der Waals surface area contributed by atoms with Crippen molar-refractivity contribution in [2.45, 2.75) is 6.92 Å². The first-order valence-corrected chi connectivity index (χ1v) is 6.77. The number of nitrogens with one attached hydrogen (secondary N) is 1. The summed E-state index contributed by atoms with van der Waals surface area (Å²) in [6, 6.07) is 10.6. The first-order chi connectivity index (χ1) is 8.99. The number of rotatable bonds is 2. The number of aryl methyl sites for hydroxylation is 1. The third kappa shape index (κ3) is 3.08. The summed E-state index contributed by atoms with van der Waals surface area (Å²) in [5.41, 5.74) is 8.40. The Hall–Kier alpha value is -1.52. The molecule has 3 N–H and O–H groups in total. The molecular formula is C14H12BrClN2O. The lowest BCUT2D eigenvalue weighted by Crippen LogP contribution is -2.13. The predicted octanol–water partition coefficient (Wildman–Crippen LogP) is 4.25. The number of halogens is 2. The van der Waals surface area contributed by atoms with E-state index in [1.165, 1.54) is 0 Å². The Morgan fingerprint density at radius 2 is 2.05 bits per heavy atom. The van der Waals surface area contributed by atoms with Crippen LogP contribution in [0, 0.1) is 6.92 Å². The summed E-state index contributed by atoms with van der Waals surface area (Å²) in [6.07, 6.45) is 0. The van der Waals surface area contributed by atoms with E-state index in [1.807, 2.05) is 13.0 Å². The number of carbonyl (C=O) groups excluding carboxylic acids is 1. The average molecular weight is 340 g/mol. The van der Waals surface area contributed by atoms with Crippen LogP contribution in [-0.2, 0) is 0 Å². The number of nitrogens with two attached hydrogens (primary N) is 1. The fourth-order valence-electron chi connectivity index (χ4n) is 1.66. The Labute approximate surface area is 124 Å². The molecule has 1 amide bonds.